The Morgan fingerprint density at radius 3 is 1.49 bits per heavy atom. The molecule has 8 rings (SSSR count). The molecule has 2 fully saturated rings. The van der Waals surface area contributed by atoms with Gasteiger partial charge in [0, 0.05) is 78.5 Å². The summed E-state index contributed by atoms with van der Waals surface area (Å²) in [6, 6.07) is 19.8. The number of halogens is 9. The van der Waals surface area contributed by atoms with Crippen molar-refractivity contribution in [3.8, 4) is 0 Å². The summed E-state index contributed by atoms with van der Waals surface area (Å²) in [6.07, 6.45) is 4.94. The number of benzene rings is 3. The lowest BCUT2D eigenvalue weighted by molar-refractivity contribution is -0.138. The van der Waals surface area contributed by atoms with Crippen LogP contribution >= 0.6 is 0 Å². The number of likely N-dealkylation sites (tertiary alicyclic amines) is 2. The number of nitrogens with zero attached hydrogens (tertiary/aromatic N) is 4. The third kappa shape index (κ3) is 18.5. The number of pyridine rings is 2. The summed E-state index contributed by atoms with van der Waals surface area (Å²) in [5.74, 6) is -1.90. The zero-order valence-electron chi connectivity index (χ0n) is 42.3. The van der Waals surface area contributed by atoms with Crippen LogP contribution in [0.15, 0.2) is 158 Å². The molecule has 2 aromatic heterocycles. The lowest BCUT2D eigenvalue weighted by Crippen LogP contribution is -2.34. The topological polar surface area (TPSA) is 118 Å². The Bertz CT molecular complexity index is 2900. The number of alkyl halides is 9. The number of carbonyl (C=O) groups excluding carboxylic acids is 5. The van der Waals surface area contributed by atoms with Gasteiger partial charge in [-0.25, -0.2) is 0 Å². The van der Waals surface area contributed by atoms with E-state index < -0.39 is 52.7 Å². The van der Waals surface area contributed by atoms with Crippen LogP contribution < -0.4 is 0 Å². The maximum Gasteiger partial charge on any atom is 0.416 e. The Hall–Kier alpha value is -7.18. The number of piperidine rings is 2. The fraction of sp³-hybridized carbons (Fsp3) is 0.350. The number of rotatable bonds is 14. The molecule has 414 valence electrons. The zero-order valence-corrected chi connectivity index (χ0v) is 42.3. The van der Waals surface area contributed by atoms with Gasteiger partial charge in [0.1, 0.15) is 11.6 Å². The van der Waals surface area contributed by atoms with Gasteiger partial charge in [-0.15, -0.1) is 0 Å². The summed E-state index contributed by atoms with van der Waals surface area (Å²) < 4.78 is 115. The molecular weight excluding hydrogens is 1030 g/mol. The lowest BCUT2D eigenvalue weighted by atomic mass is 9.82. The molecule has 5 aromatic rings. The van der Waals surface area contributed by atoms with Crippen LogP contribution in [0.2, 0.25) is 0 Å². The summed E-state index contributed by atoms with van der Waals surface area (Å²) in [6.45, 7) is 3.52. The van der Waals surface area contributed by atoms with Crippen molar-refractivity contribution in [2.24, 2.45) is 17.8 Å². The Labute approximate surface area is 448 Å². The van der Waals surface area contributed by atoms with Crippen molar-refractivity contribution in [2.45, 2.75) is 76.8 Å². The van der Waals surface area contributed by atoms with Gasteiger partial charge in [0.2, 0.25) is 0 Å². The molecule has 0 spiro atoms. The average molecular weight is 1090 g/mol. The highest BCUT2D eigenvalue weighted by molar-refractivity contribution is 6.06. The third-order valence-corrected chi connectivity index (χ3v) is 13.6. The van der Waals surface area contributed by atoms with E-state index in [0.29, 0.717) is 17.6 Å². The number of hydrogen-bond donors (Lipinski definition) is 0. The number of aromatic nitrogens is 2. The smallest absolute Gasteiger partial charge is 0.306 e. The van der Waals surface area contributed by atoms with E-state index in [-0.39, 0.29) is 72.1 Å². The van der Waals surface area contributed by atoms with E-state index >= 15 is 0 Å². The standard InChI is InChI=1S/C23H24F3NO2.C22H23F3N2O2.C14H10F3NO.CH4/c1-27-11-9-18(10-12-27)21(28)13-16-5-7-17(8-6-16)14-22(29)19-3-2-4-20(15-19)23(24,25)26;1-27-11-7-16(8-12-27)20(28)14-19(15-5-9-26-10-6-15)21(29)17-3-2-4-18(13-17)22(23,24)25;15-14(16,17)12-3-1-2-11(9-12)13(19)8-10-4-6-18-7-5-10;/h2-8,14-16,18H,9-13H2,1H3;2-6,9-10,13,16,19H,7-8,11-12,14H2,1H3;1-7,9H,8H2;1H4. The van der Waals surface area contributed by atoms with Crippen LogP contribution in [0, 0.1) is 17.8 Å². The summed E-state index contributed by atoms with van der Waals surface area (Å²) >= 11 is 0. The predicted molar refractivity (Wildman–Crippen MR) is 279 cm³/mol. The molecule has 1 aliphatic carbocycles. The maximum atomic E-state index is 13.1. The number of ketones is 5. The van der Waals surface area contributed by atoms with Crippen molar-refractivity contribution in [1.82, 2.24) is 19.8 Å². The van der Waals surface area contributed by atoms with Crippen LogP contribution in [0.1, 0.15) is 111 Å². The van der Waals surface area contributed by atoms with Crippen LogP contribution in [0.3, 0.4) is 0 Å². The first-order valence-electron chi connectivity index (χ1n) is 24.9. The minimum atomic E-state index is -4.54. The molecule has 0 amide bonds. The van der Waals surface area contributed by atoms with Crippen molar-refractivity contribution in [3.63, 3.8) is 0 Å². The summed E-state index contributed by atoms with van der Waals surface area (Å²) in [5, 5.41) is 0. The van der Waals surface area contributed by atoms with Crippen molar-refractivity contribution in [2.75, 3.05) is 40.3 Å². The zero-order chi connectivity index (χ0) is 55.9. The highest BCUT2D eigenvalue weighted by atomic mass is 19.4. The van der Waals surface area contributed by atoms with Crippen molar-refractivity contribution in [1.29, 1.82) is 0 Å². The van der Waals surface area contributed by atoms with E-state index in [0.717, 1.165) is 93.8 Å². The molecule has 0 saturated carbocycles. The van der Waals surface area contributed by atoms with Crippen LogP contribution in [0.4, 0.5) is 39.5 Å². The van der Waals surface area contributed by atoms with Crippen LogP contribution in [-0.4, -0.2) is 89.0 Å². The molecule has 3 aromatic carbocycles. The van der Waals surface area contributed by atoms with Gasteiger partial charge in [-0.1, -0.05) is 68.1 Å². The first-order chi connectivity index (χ1) is 36.4. The van der Waals surface area contributed by atoms with Crippen molar-refractivity contribution >= 4 is 28.9 Å². The molecule has 0 radical (unpaired) electrons. The summed E-state index contributed by atoms with van der Waals surface area (Å²) in [5.41, 5.74) is -0.606. The monoisotopic (exact) mass is 1090 g/mol. The number of allylic oxidation sites excluding steroid dienone is 6. The maximum absolute atomic E-state index is 13.1. The third-order valence-electron chi connectivity index (χ3n) is 13.6. The minimum absolute atomic E-state index is 0. The number of carbonyl (C=O) groups is 5. The van der Waals surface area contributed by atoms with Crippen molar-refractivity contribution in [3.05, 3.63) is 202 Å². The van der Waals surface area contributed by atoms with Crippen LogP contribution in [-0.2, 0) is 34.5 Å². The van der Waals surface area contributed by atoms with Gasteiger partial charge in [-0.05, 0) is 149 Å². The molecule has 3 aliphatic rings. The molecule has 9 nitrogen and oxygen atoms in total. The molecule has 2 aliphatic heterocycles. The number of Topliss-reactive ketones (excluding diaryl/α,β-unsaturated/α-hetero) is 4. The molecule has 2 saturated heterocycles. The molecule has 0 N–H and O–H groups in total. The van der Waals surface area contributed by atoms with E-state index in [9.17, 15) is 63.5 Å². The first kappa shape index (κ1) is 61.7. The van der Waals surface area contributed by atoms with Gasteiger partial charge in [0.15, 0.2) is 17.3 Å². The highest BCUT2D eigenvalue weighted by Gasteiger charge is 2.35. The molecule has 18 heteroatoms. The fourth-order valence-corrected chi connectivity index (χ4v) is 9.00. The summed E-state index contributed by atoms with van der Waals surface area (Å²) in [7, 11) is 4.06. The molecular formula is C60H61F9N4O5. The van der Waals surface area contributed by atoms with E-state index in [1.54, 1.807) is 36.4 Å². The van der Waals surface area contributed by atoms with E-state index in [1.807, 2.05) is 19.2 Å². The Kier molecular flexibility index (Phi) is 22.1. The Balaban J connectivity index is 0.000000219. The predicted octanol–water partition coefficient (Wildman–Crippen LogP) is 13.4. The fourth-order valence-electron chi connectivity index (χ4n) is 9.00. The molecule has 0 bridgehead atoms. The Morgan fingerprint density at radius 1 is 0.577 bits per heavy atom. The molecule has 78 heavy (non-hydrogen) atoms. The average Bonchev–Trinajstić information content (AvgIpc) is 3.42. The summed E-state index contributed by atoms with van der Waals surface area (Å²) in [4.78, 5) is 74.9. The van der Waals surface area contributed by atoms with Gasteiger partial charge < -0.3 is 9.80 Å². The molecule has 1 unspecified atom stereocenters. The second kappa shape index (κ2) is 27.9. The minimum Gasteiger partial charge on any atom is -0.306 e. The molecule has 4 heterocycles. The van der Waals surface area contributed by atoms with E-state index in [2.05, 4.69) is 26.8 Å². The second-order valence-corrected chi connectivity index (χ2v) is 19.3. The van der Waals surface area contributed by atoms with Crippen LogP contribution in [0.5, 0.6) is 0 Å². The highest BCUT2D eigenvalue weighted by Crippen LogP contribution is 2.34. The first-order valence-corrected chi connectivity index (χ1v) is 24.9. The largest absolute Gasteiger partial charge is 0.416 e. The van der Waals surface area contributed by atoms with Gasteiger partial charge in [-0.2, -0.15) is 39.5 Å². The SMILES string of the molecule is C.CN1CCC(C(=O)CC(C(=O)c2cccc(C(F)(F)F)c2)c2ccncc2)CC1.CN1CCC(C(=O)CC2C=CC(=CC(=O)c3cccc(C(F)(F)F)c3)C=C2)CC1.O=C(Cc1ccncc1)c1cccc(C(F)(F)F)c1. The number of hydrogen-bond acceptors (Lipinski definition) is 9. The second-order valence-electron chi connectivity index (χ2n) is 19.3. The Morgan fingerprint density at radius 2 is 1.00 bits per heavy atom. The van der Waals surface area contributed by atoms with Gasteiger partial charge in [0.25, 0.3) is 0 Å². The lowest BCUT2D eigenvalue weighted by Gasteiger charge is -2.29. The van der Waals surface area contributed by atoms with Crippen LogP contribution in [0.25, 0.3) is 0 Å². The van der Waals surface area contributed by atoms with Gasteiger partial charge >= 0.3 is 18.5 Å². The normalized spacial score (nSPS) is 16.8. The quantitative estimate of drug-likeness (QED) is 0.0608. The van der Waals surface area contributed by atoms with Crippen molar-refractivity contribution < 1.29 is 63.5 Å². The van der Waals surface area contributed by atoms with E-state index in [4.69, 9.17) is 0 Å². The van der Waals surface area contributed by atoms with E-state index in [1.165, 1.54) is 67.3 Å². The van der Waals surface area contributed by atoms with Gasteiger partial charge in [0.05, 0.1) is 22.6 Å². The molecule has 1 atom stereocenters. The van der Waals surface area contributed by atoms with Gasteiger partial charge in [-0.3, -0.25) is 33.9 Å².